The van der Waals surface area contributed by atoms with Crippen LogP contribution in [0.25, 0.3) is 0 Å². The summed E-state index contributed by atoms with van der Waals surface area (Å²) in [6.45, 7) is 1.87. The zero-order valence-corrected chi connectivity index (χ0v) is 11.0. The largest absolute Gasteiger partial charge is 0.409 e. The average molecular weight is 266 g/mol. The Hall–Kier alpha value is -2.31. The van der Waals surface area contributed by atoms with E-state index < -0.39 is 0 Å². The van der Waals surface area contributed by atoms with E-state index in [4.69, 9.17) is 10.9 Å². The molecular weight excluding hydrogens is 248 g/mol. The molecule has 1 aromatic heterocycles. The Bertz CT molecular complexity index is 536. The zero-order valence-electron chi connectivity index (χ0n) is 11.0. The fraction of sp³-hybridized carbons (Fsp3) is 0.417. The van der Waals surface area contributed by atoms with Crippen molar-refractivity contribution < 1.29 is 10.0 Å². The van der Waals surface area contributed by atoms with E-state index in [0.29, 0.717) is 12.0 Å². The Morgan fingerprint density at radius 1 is 1.63 bits per heavy atom. The molecule has 7 heteroatoms. The van der Waals surface area contributed by atoms with Crippen molar-refractivity contribution in [2.75, 3.05) is 0 Å². The van der Waals surface area contributed by atoms with Crippen molar-refractivity contribution >= 4 is 11.7 Å². The second kappa shape index (κ2) is 6.58. The van der Waals surface area contributed by atoms with Gasteiger partial charge in [0.15, 0.2) is 0 Å². The zero-order chi connectivity index (χ0) is 14.4. The Balaban J connectivity index is 2.77. The first-order valence-corrected chi connectivity index (χ1v) is 5.91. The number of amidine groups is 1. The molecule has 1 amide bonds. The molecule has 0 radical (unpaired) electrons. The highest BCUT2D eigenvalue weighted by Crippen LogP contribution is 2.01. The molecule has 0 aliphatic rings. The quantitative estimate of drug-likeness (QED) is 0.302. The average Bonchev–Trinajstić information content (AvgIpc) is 2.40. The van der Waals surface area contributed by atoms with E-state index in [1.165, 1.54) is 16.8 Å². The number of aromatic nitrogens is 1. The molecule has 1 unspecified atom stereocenters. The standard InChI is InChI=1S/C12H18N4O3/c1-3-9(7-10(13)15-19)14-12(18)8-4-5-16(2)11(17)6-8/h4-6,9,19H,3,7H2,1-2H3,(H2,13,15)(H,14,18). The second-order valence-electron chi connectivity index (χ2n) is 4.24. The normalized spacial score (nSPS) is 13.1. The number of hydrogen-bond donors (Lipinski definition) is 3. The van der Waals surface area contributed by atoms with Gasteiger partial charge in [-0.15, -0.1) is 0 Å². The van der Waals surface area contributed by atoms with Crippen LogP contribution in [-0.2, 0) is 7.05 Å². The molecule has 104 valence electrons. The molecule has 1 rings (SSSR count). The van der Waals surface area contributed by atoms with Crippen LogP contribution in [0.15, 0.2) is 28.3 Å². The molecular formula is C12H18N4O3. The summed E-state index contributed by atoms with van der Waals surface area (Å²) in [6, 6.07) is 2.59. The molecule has 0 fully saturated rings. The van der Waals surface area contributed by atoms with Crippen molar-refractivity contribution in [1.82, 2.24) is 9.88 Å². The second-order valence-corrected chi connectivity index (χ2v) is 4.24. The third-order valence-corrected chi connectivity index (χ3v) is 2.78. The summed E-state index contributed by atoms with van der Waals surface area (Å²) in [4.78, 5) is 23.4. The van der Waals surface area contributed by atoms with E-state index in [2.05, 4.69) is 10.5 Å². The highest BCUT2D eigenvalue weighted by molar-refractivity contribution is 5.94. The van der Waals surface area contributed by atoms with Gasteiger partial charge >= 0.3 is 0 Å². The van der Waals surface area contributed by atoms with Gasteiger partial charge in [0.05, 0.1) is 0 Å². The van der Waals surface area contributed by atoms with Gasteiger partial charge in [0.25, 0.3) is 11.5 Å². The molecule has 7 nitrogen and oxygen atoms in total. The minimum absolute atomic E-state index is 0.0520. The number of oxime groups is 1. The van der Waals surface area contributed by atoms with Gasteiger partial charge in [-0.25, -0.2) is 0 Å². The first kappa shape index (κ1) is 14.7. The van der Waals surface area contributed by atoms with E-state index in [0.717, 1.165) is 0 Å². The predicted molar refractivity (Wildman–Crippen MR) is 71.3 cm³/mol. The lowest BCUT2D eigenvalue weighted by Gasteiger charge is -2.16. The molecule has 0 aromatic carbocycles. The van der Waals surface area contributed by atoms with Gasteiger partial charge in [-0.2, -0.15) is 0 Å². The summed E-state index contributed by atoms with van der Waals surface area (Å²) in [5.74, 6) is -0.300. The number of rotatable bonds is 5. The minimum atomic E-state index is -0.352. The van der Waals surface area contributed by atoms with Gasteiger partial charge in [0.2, 0.25) is 0 Å². The van der Waals surface area contributed by atoms with E-state index in [9.17, 15) is 9.59 Å². The van der Waals surface area contributed by atoms with Gasteiger partial charge in [-0.05, 0) is 12.5 Å². The molecule has 0 spiro atoms. The number of carbonyl (C=O) groups excluding carboxylic acids is 1. The molecule has 0 aliphatic heterocycles. The van der Waals surface area contributed by atoms with Crippen LogP contribution in [0.1, 0.15) is 30.1 Å². The van der Waals surface area contributed by atoms with Crippen LogP contribution in [0, 0.1) is 0 Å². The Labute approximate surface area is 110 Å². The highest BCUT2D eigenvalue weighted by atomic mass is 16.4. The number of nitrogens with zero attached hydrogens (tertiary/aromatic N) is 2. The number of nitrogens with one attached hydrogen (secondary N) is 1. The van der Waals surface area contributed by atoms with E-state index in [1.54, 1.807) is 13.1 Å². The van der Waals surface area contributed by atoms with Crippen LogP contribution in [0.3, 0.4) is 0 Å². The molecule has 1 atom stereocenters. The number of hydrogen-bond acceptors (Lipinski definition) is 4. The van der Waals surface area contributed by atoms with E-state index >= 15 is 0 Å². The maximum Gasteiger partial charge on any atom is 0.251 e. The Kier molecular flexibility index (Phi) is 5.11. The summed E-state index contributed by atoms with van der Waals surface area (Å²) in [5, 5.41) is 14.1. The van der Waals surface area contributed by atoms with E-state index in [1.807, 2.05) is 6.92 Å². The lowest BCUT2D eigenvalue weighted by Crippen LogP contribution is -2.38. The van der Waals surface area contributed by atoms with Crippen molar-refractivity contribution in [2.24, 2.45) is 17.9 Å². The number of aryl methyl sites for hydroxylation is 1. The van der Waals surface area contributed by atoms with Crippen LogP contribution in [0.2, 0.25) is 0 Å². The first-order valence-electron chi connectivity index (χ1n) is 5.91. The summed E-state index contributed by atoms with van der Waals surface area (Å²) < 4.78 is 1.38. The van der Waals surface area contributed by atoms with Gasteiger partial charge < -0.3 is 20.8 Å². The lowest BCUT2D eigenvalue weighted by molar-refractivity contribution is 0.0936. The summed E-state index contributed by atoms with van der Waals surface area (Å²) in [5.41, 5.74) is 5.44. The topological polar surface area (TPSA) is 110 Å². The monoisotopic (exact) mass is 266 g/mol. The summed E-state index contributed by atoms with van der Waals surface area (Å²) >= 11 is 0. The number of carbonyl (C=O) groups is 1. The minimum Gasteiger partial charge on any atom is -0.409 e. The number of pyridine rings is 1. The van der Waals surface area contributed by atoms with Crippen molar-refractivity contribution in [3.8, 4) is 0 Å². The third-order valence-electron chi connectivity index (χ3n) is 2.78. The number of amides is 1. The smallest absolute Gasteiger partial charge is 0.251 e. The molecule has 0 saturated carbocycles. The summed E-state index contributed by atoms with van der Waals surface area (Å²) in [6.07, 6.45) is 2.41. The van der Waals surface area contributed by atoms with Gasteiger partial charge in [-0.3, -0.25) is 9.59 Å². The fourth-order valence-corrected chi connectivity index (χ4v) is 1.55. The lowest BCUT2D eigenvalue weighted by atomic mass is 10.1. The van der Waals surface area contributed by atoms with Crippen molar-refractivity contribution in [3.63, 3.8) is 0 Å². The van der Waals surface area contributed by atoms with Crippen LogP contribution in [0.5, 0.6) is 0 Å². The van der Waals surface area contributed by atoms with Crippen LogP contribution >= 0.6 is 0 Å². The van der Waals surface area contributed by atoms with Crippen LogP contribution < -0.4 is 16.6 Å². The molecule has 4 N–H and O–H groups in total. The van der Waals surface area contributed by atoms with Crippen LogP contribution in [0.4, 0.5) is 0 Å². The molecule has 0 bridgehead atoms. The van der Waals surface area contributed by atoms with Gasteiger partial charge in [0, 0.05) is 37.3 Å². The van der Waals surface area contributed by atoms with E-state index in [-0.39, 0.29) is 29.8 Å². The molecule has 1 heterocycles. The maximum atomic E-state index is 11.9. The molecule has 1 aromatic rings. The molecule has 0 aliphatic carbocycles. The van der Waals surface area contributed by atoms with Gasteiger partial charge in [0.1, 0.15) is 5.84 Å². The highest BCUT2D eigenvalue weighted by Gasteiger charge is 2.14. The molecule has 0 saturated heterocycles. The summed E-state index contributed by atoms with van der Waals surface area (Å²) in [7, 11) is 1.61. The Morgan fingerprint density at radius 2 is 2.32 bits per heavy atom. The van der Waals surface area contributed by atoms with Crippen molar-refractivity contribution in [2.45, 2.75) is 25.8 Å². The predicted octanol–water partition coefficient (Wildman–Crippen LogP) is 0.0302. The SMILES string of the molecule is CCC(C/C(N)=N/O)NC(=O)c1ccn(C)c(=O)c1. The van der Waals surface area contributed by atoms with Crippen LogP contribution in [-0.4, -0.2) is 27.6 Å². The number of nitrogens with two attached hydrogens (primary N) is 1. The van der Waals surface area contributed by atoms with Crippen molar-refractivity contribution in [3.05, 3.63) is 34.2 Å². The molecule has 19 heavy (non-hydrogen) atoms. The van der Waals surface area contributed by atoms with Gasteiger partial charge in [-0.1, -0.05) is 12.1 Å². The Morgan fingerprint density at radius 3 is 2.84 bits per heavy atom. The third kappa shape index (κ3) is 4.13. The fourth-order valence-electron chi connectivity index (χ4n) is 1.55. The van der Waals surface area contributed by atoms with Crippen molar-refractivity contribution in [1.29, 1.82) is 0 Å². The maximum absolute atomic E-state index is 11.9. The first-order chi connectivity index (χ1) is 8.97.